The minimum absolute atomic E-state index is 0.0428. The predicted molar refractivity (Wildman–Crippen MR) is 97.5 cm³/mol. The lowest BCUT2D eigenvalue weighted by molar-refractivity contribution is -0.119. The molecule has 0 heterocycles. The Labute approximate surface area is 147 Å². The number of carbonyl (C=O) groups is 2. The molecule has 0 aromatic heterocycles. The van der Waals surface area contributed by atoms with Crippen LogP contribution in [0.1, 0.15) is 46.8 Å². The van der Waals surface area contributed by atoms with Crippen molar-refractivity contribution in [2.75, 3.05) is 11.9 Å². The number of nitrogens with zero attached hydrogens (tertiary/aromatic N) is 1. The molecule has 2 aromatic carbocycles. The second-order valence-electron chi connectivity index (χ2n) is 6.95. The van der Waals surface area contributed by atoms with E-state index >= 15 is 0 Å². The van der Waals surface area contributed by atoms with E-state index in [0.717, 1.165) is 25.7 Å². The molecule has 0 aliphatic heterocycles. The number of hydrogen-bond acceptors (Lipinski definition) is 2. The average Bonchev–Trinajstić information content (AvgIpc) is 3.43. The van der Waals surface area contributed by atoms with E-state index in [-0.39, 0.29) is 23.8 Å². The number of nitrogens with one attached hydrogen (secondary N) is 1. The van der Waals surface area contributed by atoms with Crippen LogP contribution in [0.25, 0.3) is 0 Å². The SMILES string of the molecule is CN(C(=O)C1CC1)c1ccccc1C(=O)N[C@@H]1CCc2ccccc21. The molecule has 25 heavy (non-hydrogen) atoms. The third-order valence-corrected chi connectivity index (χ3v) is 5.21. The fourth-order valence-corrected chi connectivity index (χ4v) is 3.62. The number of carbonyl (C=O) groups excluding carboxylic acids is 2. The molecule has 0 spiro atoms. The highest BCUT2D eigenvalue weighted by Gasteiger charge is 2.33. The van der Waals surface area contributed by atoms with Gasteiger partial charge in [-0.15, -0.1) is 0 Å². The summed E-state index contributed by atoms with van der Waals surface area (Å²) < 4.78 is 0. The lowest BCUT2D eigenvalue weighted by atomic mass is 10.1. The maximum absolute atomic E-state index is 12.9. The average molecular weight is 334 g/mol. The van der Waals surface area contributed by atoms with Crippen LogP contribution in [0, 0.1) is 5.92 Å². The van der Waals surface area contributed by atoms with Gasteiger partial charge in [-0.05, 0) is 48.9 Å². The summed E-state index contributed by atoms with van der Waals surface area (Å²) in [5.74, 6) is 0.113. The van der Waals surface area contributed by atoms with E-state index in [9.17, 15) is 9.59 Å². The van der Waals surface area contributed by atoms with Crippen LogP contribution in [0.15, 0.2) is 48.5 Å². The fraction of sp³-hybridized carbons (Fsp3) is 0.333. The van der Waals surface area contributed by atoms with Crippen LogP contribution in [0.5, 0.6) is 0 Å². The van der Waals surface area contributed by atoms with Gasteiger partial charge in [-0.25, -0.2) is 0 Å². The quantitative estimate of drug-likeness (QED) is 0.931. The number of fused-ring (bicyclic) bond motifs is 1. The van der Waals surface area contributed by atoms with Gasteiger partial charge in [0.2, 0.25) is 5.91 Å². The van der Waals surface area contributed by atoms with Gasteiger partial charge in [0.1, 0.15) is 0 Å². The van der Waals surface area contributed by atoms with E-state index in [1.165, 1.54) is 11.1 Å². The molecule has 4 nitrogen and oxygen atoms in total. The van der Waals surface area contributed by atoms with Gasteiger partial charge in [0.25, 0.3) is 5.91 Å². The van der Waals surface area contributed by atoms with Crippen molar-refractivity contribution in [3.05, 3.63) is 65.2 Å². The Bertz CT molecular complexity index is 826. The van der Waals surface area contributed by atoms with E-state index in [2.05, 4.69) is 17.4 Å². The first-order valence-electron chi connectivity index (χ1n) is 8.90. The molecule has 2 amide bonds. The minimum atomic E-state index is -0.118. The van der Waals surface area contributed by atoms with Crippen LogP contribution in [-0.2, 0) is 11.2 Å². The van der Waals surface area contributed by atoms with Gasteiger partial charge in [-0.1, -0.05) is 36.4 Å². The molecule has 2 aliphatic carbocycles. The van der Waals surface area contributed by atoms with E-state index in [1.807, 2.05) is 30.3 Å². The normalized spacial score (nSPS) is 18.5. The molecular formula is C21H22N2O2. The predicted octanol–water partition coefficient (Wildman–Crippen LogP) is 3.48. The number of anilines is 1. The largest absolute Gasteiger partial charge is 0.345 e. The molecule has 1 saturated carbocycles. The lowest BCUT2D eigenvalue weighted by Crippen LogP contribution is -2.32. The van der Waals surface area contributed by atoms with Gasteiger partial charge in [0.05, 0.1) is 17.3 Å². The Morgan fingerprint density at radius 1 is 1.00 bits per heavy atom. The number of benzene rings is 2. The zero-order valence-corrected chi connectivity index (χ0v) is 14.4. The van der Waals surface area contributed by atoms with Crippen LogP contribution in [0.3, 0.4) is 0 Å². The van der Waals surface area contributed by atoms with Crippen molar-refractivity contribution in [1.82, 2.24) is 5.32 Å². The van der Waals surface area contributed by atoms with Gasteiger partial charge in [-0.2, -0.15) is 0 Å². The molecule has 0 saturated heterocycles. The molecule has 128 valence electrons. The summed E-state index contributed by atoms with van der Waals surface area (Å²) in [5, 5.41) is 3.15. The molecule has 0 unspecified atom stereocenters. The van der Waals surface area contributed by atoms with Crippen molar-refractivity contribution < 1.29 is 9.59 Å². The Morgan fingerprint density at radius 2 is 1.72 bits per heavy atom. The highest BCUT2D eigenvalue weighted by atomic mass is 16.2. The standard InChI is InChI=1S/C21H22N2O2/c1-23(21(25)15-10-11-15)19-9-5-4-8-17(19)20(24)22-18-13-12-14-6-2-3-7-16(14)18/h2-9,15,18H,10-13H2,1H3,(H,22,24)/t18-/m1/s1. The summed E-state index contributed by atoms with van der Waals surface area (Å²) in [4.78, 5) is 26.9. The van der Waals surface area contributed by atoms with Crippen molar-refractivity contribution in [1.29, 1.82) is 0 Å². The van der Waals surface area contributed by atoms with Crippen LogP contribution in [0.2, 0.25) is 0 Å². The lowest BCUT2D eigenvalue weighted by Gasteiger charge is -2.21. The number of rotatable bonds is 4. The molecule has 2 aliphatic rings. The minimum Gasteiger partial charge on any atom is -0.345 e. The maximum atomic E-state index is 12.9. The summed E-state index contributed by atoms with van der Waals surface area (Å²) in [6.07, 6.45) is 3.82. The third-order valence-electron chi connectivity index (χ3n) is 5.21. The number of amides is 2. The van der Waals surface area contributed by atoms with Gasteiger partial charge >= 0.3 is 0 Å². The summed E-state index contributed by atoms with van der Waals surface area (Å²) in [6, 6.07) is 15.7. The van der Waals surface area contributed by atoms with Crippen molar-refractivity contribution in [2.24, 2.45) is 5.92 Å². The Morgan fingerprint density at radius 3 is 2.52 bits per heavy atom. The van der Waals surface area contributed by atoms with Crippen molar-refractivity contribution in [3.63, 3.8) is 0 Å². The summed E-state index contributed by atoms with van der Waals surface area (Å²) >= 11 is 0. The molecule has 0 radical (unpaired) electrons. The second-order valence-corrected chi connectivity index (χ2v) is 6.95. The molecule has 1 fully saturated rings. The molecule has 1 N–H and O–H groups in total. The summed E-state index contributed by atoms with van der Waals surface area (Å²) in [5.41, 5.74) is 3.75. The van der Waals surface area contributed by atoms with Crippen LogP contribution >= 0.6 is 0 Å². The zero-order chi connectivity index (χ0) is 17.4. The molecule has 4 heteroatoms. The molecular weight excluding hydrogens is 312 g/mol. The highest BCUT2D eigenvalue weighted by molar-refractivity contribution is 6.05. The van der Waals surface area contributed by atoms with Gasteiger partial charge in [0.15, 0.2) is 0 Å². The molecule has 1 atom stereocenters. The van der Waals surface area contributed by atoms with E-state index in [1.54, 1.807) is 18.0 Å². The molecule has 0 bridgehead atoms. The maximum Gasteiger partial charge on any atom is 0.253 e. The van der Waals surface area contributed by atoms with Crippen molar-refractivity contribution >= 4 is 17.5 Å². The fourth-order valence-electron chi connectivity index (χ4n) is 3.62. The van der Waals surface area contributed by atoms with Gasteiger partial charge < -0.3 is 10.2 Å². The van der Waals surface area contributed by atoms with Crippen molar-refractivity contribution in [2.45, 2.75) is 31.7 Å². The molecule has 2 aromatic rings. The van der Waals surface area contributed by atoms with Gasteiger partial charge in [0, 0.05) is 13.0 Å². The first-order chi connectivity index (χ1) is 12.1. The Hall–Kier alpha value is -2.62. The first kappa shape index (κ1) is 15.9. The first-order valence-corrected chi connectivity index (χ1v) is 8.90. The highest BCUT2D eigenvalue weighted by Crippen LogP contribution is 2.34. The van der Waals surface area contributed by atoms with Crippen LogP contribution < -0.4 is 10.2 Å². The van der Waals surface area contributed by atoms with E-state index in [4.69, 9.17) is 0 Å². The zero-order valence-electron chi connectivity index (χ0n) is 14.4. The van der Waals surface area contributed by atoms with Gasteiger partial charge in [-0.3, -0.25) is 9.59 Å². The Balaban J connectivity index is 1.56. The second kappa shape index (κ2) is 6.36. The van der Waals surface area contributed by atoms with E-state index in [0.29, 0.717) is 11.3 Å². The topological polar surface area (TPSA) is 49.4 Å². The molecule has 4 rings (SSSR count). The van der Waals surface area contributed by atoms with E-state index < -0.39 is 0 Å². The van der Waals surface area contributed by atoms with Crippen LogP contribution in [-0.4, -0.2) is 18.9 Å². The monoisotopic (exact) mass is 334 g/mol. The number of aryl methyl sites for hydroxylation is 1. The smallest absolute Gasteiger partial charge is 0.253 e. The summed E-state index contributed by atoms with van der Waals surface area (Å²) in [7, 11) is 1.76. The van der Waals surface area contributed by atoms with Crippen molar-refractivity contribution in [3.8, 4) is 0 Å². The number of para-hydroxylation sites is 1. The number of hydrogen-bond donors (Lipinski definition) is 1. The van der Waals surface area contributed by atoms with Crippen LogP contribution in [0.4, 0.5) is 5.69 Å². The summed E-state index contributed by atoms with van der Waals surface area (Å²) in [6.45, 7) is 0. The Kier molecular flexibility index (Phi) is 4.04. The third kappa shape index (κ3) is 3.04.